The fourth-order valence-corrected chi connectivity index (χ4v) is 0.889. The first-order valence-corrected chi connectivity index (χ1v) is 3.49. The minimum atomic E-state index is -1.20. The first-order chi connectivity index (χ1) is 4.81. The van der Waals surface area contributed by atoms with Crippen LogP contribution in [0.25, 0.3) is 0 Å². The number of carbonyl (C=O) groups excluding carboxylic acids is 1. The van der Waals surface area contributed by atoms with Crippen molar-refractivity contribution in [1.29, 1.82) is 0 Å². The van der Waals surface area contributed by atoms with Crippen molar-refractivity contribution in [3.8, 4) is 0 Å². The molecule has 1 N–H and O–H groups in total. The van der Waals surface area contributed by atoms with E-state index in [9.17, 15) is 9.90 Å². The lowest BCUT2D eigenvalue weighted by Crippen LogP contribution is -2.43. The topological polar surface area (TPSA) is 60.4 Å². The highest BCUT2D eigenvalue weighted by Gasteiger charge is 2.14. The average Bonchev–Trinajstić information content (AvgIpc) is 1.53. The summed E-state index contributed by atoms with van der Waals surface area (Å²) in [5.74, 6) is -1.20. The molecular formula is C7H15NO3. The average molecular weight is 162 g/mol. The Hall–Kier alpha value is -0.610. The number of aliphatic carboxylic acids is 1. The number of rotatable bonds is 4. The molecule has 0 spiro atoms. The maximum absolute atomic E-state index is 10.0. The van der Waals surface area contributed by atoms with Crippen LogP contribution in [-0.2, 0) is 4.79 Å². The number of carboxylic acid groups (broad SMARTS) is 1. The van der Waals surface area contributed by atoms with E-state index in [0.29, 0.717) is 11.0 Å². The third-order valence-corrected chi connectivity index (χ3v) is 1.16. The van der Waals surface area contributed by atoms with E-state index in [1.165, 1.54) is 0 Å². The van der Waals surface area contributed by atoms with Gasteiger partial charge in [0.25, 0.3) is 0 Å². The molecule has 0 amide bonds. The Morgan fingerprint density at radius 2 is 2.00 bits per heavy atom. The molecule has 0 radical (unpaired) electrons. The largest absolute Gasteiger partial charge is 0.550 e. The fraction of sp³-hybridized carbons (Fsp3) is 0.857. The van der Waals surface area contributed by atoms with Gasteiger partial charge in [0.05, 0.1) is 21.1 Å². The molecule has 66 valence electrons. The van der Waals surface area contributed by atoms with E-state index in [0.717, 1.165) is 0 Å². The van der Waals surface area contributed by atoms with Crippen LogP contribution in [-0.4, -0.2) is 49.4 Å². The lowest BCUT2D eigenvalue weighted by atomic mass is 10.2. The van der Waals surface area contributed by atoms with Gasteiger partial charge in [-0.05, 0) is 0 Å². The van der Waals surface area contributed by atoms with Crippen molar-refractivity contribution in [2.24, 2.45) is 0 Å². The van der Waals surface area contributed by atoms with E-state index >= 15 is 0 Å². The summed E-state index contributed by atoms with van der Waals surface area (Å²) in [6.07, 6.45) is -1.09. The van der Waals surface area contributed by atoms with E-state index in [1.54, 1.807) is 0 Å². The molecule has 0 saturated carbocycles. The first kappa shape index (κ1) is 10.4. The van der Waals surface area contributed by atoms with Gasteiger partial charge in [-0.3, -0.25) is 0 Å². The van der Waals surface area contributed by atoms with Crippen molar-refractivity contribution in [3.63, 3.8) is 0 Å². The third-order valence-electron chi connectivity index (χ3n) is 1.16. The summed E-state index contributed by atoms with van der Waals surface area (Å²) in [4.78, 5) is 10.0. The zero-order valence-corrected chi connectivity index (χ0v) is 7.20. The van der Waals surface area contributed by atoms with Crippen molar-refractivity contribution in [1.82, 2.24) is 0 Å². The molecule has 0 heterocycles. The highest BCUT2D eigenvalue weighted by molar-refractivity contribution is 5.64. The summed E-state index contributed by atoms with van der Waals surface area (Å²) in [5, 5.41) is 19.1. The van der Waals surface area contributed by atoms with Crippen LogP contribution in [0.15, 0.2) is 0 Å². The smallest absolute Gasteiger partial charge is 0.108 e. The van der Waals surface area contributed by atoms with Crippen molar-refractivity contribution < 1.29 is 19.5 Å². The summed E-state index contributed by atoms with van der Waals surface area (Å²) < 4.78 is 0.550. The minimum absolute atomic E-state index is 0.282. The van der Waals surface area contributed by atoms with Crippen LogP contribution in [0.5, 0.6) is 0 Å². The summed E-state index contributed by atoms with van der Waals surface area (Å²) >= 11 is 0. The molecule has 0 rings (SSSR count). The molecule has 4 nitrogen and oxygen atoms in total. The molecule has 0 aromatic carbocycles. The second-order valence-corrected chi connectivity index (χ2v) is 3.70. The van der Waals surface area contributed by atoms with Crippen LogP contribution >= 0.6 is 0 Å². The maximum atomic E-state index is 10.0. The number of hydrogen-bond donors (Lipinski definition) is 1. The normalized spacial score (nSPS) is 14.5. The zero-order valence-electron chi connectivity index (χ0n) is 7.20. The van der Waals surface area contributed by atoms with Gasteiger partial charge in [0, 0.05) is 12.4 Å². The Kier molecular flexibility index (Phi) is 3.48. The predicted octanol–water partition coefficient (Wildman–Crippen LogP) is -1.81. The Bertz CT molecular complexity index is 139. The summed E-state index contributed by atoms with van der Waals surface area (Å²) in [5.41, 5.74) is 0. The molecule has 0 aromatic rings. The molecule has 1 atom stereocenters. The van der Waals surface area contributed by atoms with Crippen LogP contribution in [0.4, 0.5) is 0 Å². The molecule has 0 unspecified atom stereocenters. The molecule has 0 aromatic heterocycles. The summed E-state index contributed by atoms with van der Waals surface area (Å²) in [7, 11) is 5.66. The Balaban J connectivity index is 3.69. The monoisotopic (exact) mass is 162 g/mol. The van der Waals surface area contributed by atoms with E-state index in [1.807, 2.05) is 21.1 Å². The van der Waals surface area contributed by atoms with Gasteiger partial charge in [-0.2, -0.15) is 0 Å². The molecule has 0 aliphatic heterocycles. The number of aliphatic hydroxyl groups excluding tert-OH is 1. The second kappa shape index (κ2) is 3.69. The van der Waals surface area contributed by atoms with Crippen molar-refractivity contribution in [2.45, 2.75) is 12.5 Å². The van der Waals surface area contributed by atoms with Crippen LogP contribution < -0.4 is 5.11 Å². The van der Waals surface area contributed by atoms with Crippen molar-refractivity contribution in [2.75, 3.05) is 27.7 Å². The predicted molar refractivity (Wildman–Crippen MR) is 38.5 cm³/mol. The van der Waals surface area contributed by atoms with Crippen LogP contribution in [0.2, 0.25) is 0 Å². The molecule has 4 heteroatoms. The van der Waals surface area contributed by atoms with Crippen molar-refractivity contribution in [3.05, 3.63) is 0 Å². The van der Waals surface area contributed by atoms with Crippen LogP contribution in [0, 0.1) is 0 Å². The summed E-state index contributed by atoms with van der Waals surface area (Å²) in [6, 6.07) is 0. The number of carboxylic acids is 1. The number of hydrogen-bond acceptors (Lipinski definition) is 3. The lowest BCUT2D eigenvalue weighted by molar-refractivity contribution is -0.873. The quantitative estimate of drug-likeness (QED) is 0.391. The van der Waals surface area contributed by atoms with E-state index in [-0.39, 0.29) is 6.42 Å². The fourth-order valence-electron chi connectivity index (χ4n) is 0.889. The Morgan fingerprint density at radius 3 is 2.27 bits per heavy atom. The minimum Gasteiger partial charge on any atom is -0.550 e. The van der Waals surface area contributed by atoms with Crippen molar-refractivity contribution >= 4 is 5.97 Å². The molecule has 0 aliphatic rings. The summed E-state index contributed by atoms with van der Waals surface area (Å²) in [6.45, 7) is 0.425. The van der Waals surface area contributed by atoms with Gasteiger partial charge in [-0.25, -0.2) is 0 Å². The highest BCUT2D eigenvalue weighted by Crippen LogP contribution is 1.97. The second-order valence-electron chi connectivity index (χ2n) is 3.70. The van der Waals surface area contributed by atoms with E-state index in [4.69, 9.17) is 5.11 Å². The SMILES string of the molecule is C[15N+](C)(C)C[C@H](O)CC(=O)[O-]. The number of nitrogens with zero attached hydrogens (tertiary/aromatic N) is 1. The molecule has 11 heavy (non-hydrogen) atoms. The third kappa shape index (κ3) is 7.29. The van der Waals surface area contributed by atoms with Gasteiger partial charge in [-0.1, -0.05) is 0 Å². The molecule has 0 bridgehead atoms. The molecule has 0 saturated heterocycles. The van der Waals surface area contributed by atoms with Gasteiger partial charge >= 0.3 is 0 Å². The number of carbonyl (C=O) groups is 1. The molecule has 0 fully saturated rings. The number of quaternary nitrogens is 1. The van der Waals surface area contributed by atoms with Gasteiger partial charge < -0.3 is 19.5 Å². The highest BCUT2D eigenvalue weighted by atomic mass is 16.4. The number of likely N-dealkylation sites (N-methyl/N-ethyl adjacent to an activating group) is 1. The van der Waals surface area contributed by atoms with Crippen LogP contribution in [0.1, 0.15) is 6.42 Å². The maximum Gasteiger partial charge on any atom is 0.108 e. The first-order valence-electron chi connectivity index (χ1n) is 3.49. The number of aliphatic hydroxyl groups is 1. The van der Waals surface area contributed by atoms with Gasteiger partial charge in [0.1, 0.15) is 12.6 Å². The Morgan fingerprint density at radius 1 is 1.55 bits per heavy atom. The van der Waals surface area contributed by atoms with Gasteiger partial charge in [0.2, 0.25) is 0 Å². The van der Waals surface area contributed by atoms with Crippen LogP contribution in [0.3, 0.4) is 0 Å². The van der Waals surface area contributed by atoms with E-state index < -0.39 is 12.1 Å². The standard InChI is InChI=1S/C7H15NO3/c1-8(2,3)5-6(9)4-7(10)11/h6,9H,4-5H2,1-3H3/t6-/m1/s1/i8+1. The molecule has 0 aliphatic carbocycles. The van der Waals surface area contributed by atoms with E-state index in [2.05, 4.69) is 0 Å². The zero-order chi connectivity index (χ0) is 9.07. The Labute approximate surface area is 66.6 Å². The van der Waals surface area contributed by atoms with Gasteiger partial charge in [0.15, 0.2) is 0 Å². The lowest BCUT2D eigenvalue weighted by Gasteiger charge is -2.26. The van der Waals surface area contributed by atoms with Gasteiger partial charge in [-0.15, -0.1) is 0 Å². The molecular weight excluding hydrogens is 147 g/mol.